The Balaban J connectivity index is 2.83. The molecule has 0 heterocycles. The van der Waals surface area contributed by atoms with Crippen molar-refractivity contribution in [2.24, 2.45) is 0 Å². The van der Waals surface area contributed by atoms with Gasteiger partial charge in [0.2, 0.25) is 0 Å². The van der Waals surface area contributed by atoms with Gasteiger partial charge in [0.1, 0.15) is 0 Å². The molecule has 88 valence electrons. The van der Waals surface area contributed by atoms with E-state index in [9.17, 15) is 13.2 Å². The lowest BCUT2D eigenvalue weighted by atomic mass is 10.1. The third kappa shape index (κ3) is 4.59. The molecule has 1 aromatic rings. The second kappa shape index (κ2) is 5.75. The predicted octanol–water partition coefficient (Wildman–Crippen LogP) is 4.02. The SMILES string of the molecule is C[CH2][Al]([CH3])[CH2]c1ccccc1CC(F)(F)F. The largest absolute Gasteiger partial charge is 0.393 e. The fourth-order valence-corrected chi connectivity index (χ4v) is 3.10. The standard InChI is InChI=1S/C9H8F3.C2H5.CH3.Al/c1-7-4-2-3-5-8(7)6-9(10,11)12;1-2;;/h2-5H,1,6H2;1H2,2H3;1H3;. The van der Waals surface area contributed by atoms with Crippen LogP contribution >= 0.6 is 0 Å². The van der Waals surface area contributed by atoms with E-state index in [4.69, 9.17) is 0 Å². The van der Waals surface area contributed by atoms with Crippen LogP contribution in [0.5, 0.6) is 0 Å². The number of alkyl halides is 3. The molecule has 0 N–H and O–H groups in total. The minimum atomic E-state index is -4.10. The van der Waals surface area contributed by atoms with Gasteiger partial charge in [-0.2, -0.15) is 13.2 Å². The Labute approximate surface area is 98.9 Å². The summed E-state index contributed by atoms with van der Waals surface area (Å²) in [4.78, 5) is 0. The molecule has 0 aliphatic heterocycles. The van der Waals surface area contributed by atoms with E-state index in [0.717, 1.165) is 16.1 Å². The van der Waals surface area contributed by atoms with E-state index in [1.54, 1.807) is 12.1 Å². The average Bonchev–Trinajstić information content (AvgIpc) is 2.18. The molecule has 0 spiro atoms. The van der Waals surface area contributed by atoms with Crippen molar-refractivity contribution in [1.29, 1.82) is 0 Å². The van der Waals surface area contributed by atoms with E-state index in [1.165, 1.54) is 0 Å². The molecule has 0 bridgehead atoms. The summed E-state index contributed by atoms with van der Waals surface area (Å²) < 4.78 is 37.1. The van der Waals surface area contributed by atoms with Crippen molar-refractivity contribution in [3.05, 3.63) is 35.4 Å². The highest BCUT2D eigenvalue weighted by Crippen LogP contribution is 2.24. The van der Waals surface area contributed by atoms with E-state index in [2.05, 4.69) is 12.7 Å². The lowest BCUT2D eigenvalue weighted by Gasteiger charge is -2.12. The zero-order chi connectivity index (χ0) is 12.2. The molecule has 16 heavy (non-hydrogen) atoms. The molecule has 0 saturated heterocycles. The van der Waals surface area contributed by atoms with Crippen LogP contribution in [0.25, 0.3) is 0 Å². The van der Waals surface area contributed by atoms with Crippen molar-refractivity contribution in [2.45, 2.75) is 35.9 Å². The van der Waals surface area contributed by atoms with Gasteiger partial charge >= 0.3 is 6.18 Å². The molecule has 0 aromatic heterocycles. The zero-order valence-corrected chi connectivity index (χ0v) is 10.8. The molecule has 0 aliphatic rings. The number of hydrogen-bond acceptors (Lipinski definition) is 0. The summed E-state index contributed by atoms with van der Waals surface area (Å²) in [6, 6.07) is 6.94. The van der Waals surface area contributed by atoms with E-state index >= 15 is 0 Å². The maximum absolute atomic E-state index is 12.4. The molecular formula is C12H16AlF3. The molecule has 0 aliphatic carbocycles. The van der Waals surface area contributed by atoms with Crippen LogP contribution in [-0.2, 0) is 11.7 Å². The molecule has 0 radical (unpaired) electrons. The van der Waals surface area contributed by atoms with Crippen molar-refractivity contribution in [3.63, 3.8) is 0 Å². The van der Waals surface area contributed by atoms with Gasteiger partial charge < -0.3 is 0 Å². The van der Waals surface area contributed by atoms with E-state index in [0.29, 0.717) is 5.56 Å². The van der Waals surface area contributed by atoms with Gasteiger partial charge in [0.15, 0.2) is 0 Å². The third-order valence-electron chi connectivity index (χ3n) is 2.77. The second-order valence-corrected chi connectivity index (χ2v) is 7.71. The van der Waals surface area contributed by atoms with Gasteiger partial charge in [0.05, 0.1) is 6.42 Å². The lowest BCUT2D eigenvalue weighted by Crippen LogP contribution is -2.16. The Bertz CT molecular complexity index is 333. The van der Waals surface area contributed by atoms with Gasteiger partial charge in [0, 0.05) is 0 Å². The quantitative estimate of drug-likeness (QED) is 0.702. The number of benzene rings is 1. The van der Waals surface area contributed by atoms with Crippen molar-refractivity contribution in [2.75, 3.05) is 0 Å². The van der Waals surface area contributed by atoms with E-state index in [-0.39, 0.29) is 0 Å². The highest BCUT2D eigenvalue weighted by Gasteiger charge is 2.28. The summed E-state index contributed by atoms with van der Waals surface area (Å²) in [5.74, 6) is 2.20. The van der Waals surface area contributed by atoms with Crippen LogP contribution in [0.15, 0.2) is 24.3 Å². The Morgan fingerprint density at radius 1 is 1.12 bits per heavy atom. The zero-order valence-electron chi connectivity index (χ0n) is 9.64. The van der Waals surface area contributed by atoms with Gasteiger partial charge in [-0.1, -0.05) is 47.3 Å². The molecule has 1 rings (SSSR count). The van der Waals surface area contributed by atoms with Crippen LogP contribution in [0.2, 0.25) is 11.1 Å². The highest BCUT2D eigenvalue weighted by atomic mass is 27.2. The predicted molar refractivity (Wildman–Crippen MR) is 62.0 cm³/mol. The van der Waals surface area contributed by atoms with Crippen molar-refractivity contribution in [3.8, 4) is 0 Å². The van der Waals surface area contributed by atoms with Crippen LogP contribution in [0, 0.1) is 0 Å². The minimum Gasteiger partial charge on any atom is -0.171 e. The first kappa shape index (κ1) is 13.6. The summed E-state index contributed by atoms with van der Waals surface area (Å²) in [5.41, 5.74) is 1.34. The summed E-state index contributed by atoms with van der Waals surface area (Å²) in [6.45, 7) is 2.11. The van der Waals surface area contributed by atoms with Crippen molar-refractivity contribution in [1.82, 2.24) is 0 Å². The molecule has 0 unspecified atom stereocenters. The Kier molecular flexibility index (Phi) is 4.89. The maximum Gasteiger partial charge on any atom is 0.393 e. The summed E-state index contributed by atoms with van der Waals surface area (Å²) >= 11 is -0.871. The van der Waals surface area contributed by atoms with Crippen LogP contribution < -0.4 is 0 Å². The first-order valence-corrected chi connectivity index (χ1v) is 8.34. The van der Waals surface area contributed by atoms with Crippen LogP contribution in [0.1, 0.15) is 18.1 Å². The smallest absolute Gasteiger partial charge is 0.171 e. The van der Waals surface area contributed by atoms with Crippen LogP contribution in [-0.4, -0.2) is 20.3 Å². The topological polar surface area (TPSA) is 0 Å². The summed E-state index contributed by atoms with van der Waals surface area (Å²) in [6.07, 6.45) is -4.90. The highest BCUT2D eigenvalue weighted by molar-refractivity contribution is 6.56. The van der Waals surface area contributed by atoms with Crippen molar-refractivity contribution >= 4 is 14.1 Å². The normalized spacial score (nSPS) is 11.6. The van der Waals surface area contributed by atoms with Crippen LogP contribution in [0.4, 0.5) is 13.2 Å². The average molecular weight is 244 g/mol. The maximum atomic E-state index is 12.4. The number of rotatable bonds is 4. The second-order valence-electron chi connectivity index (χ2n) is 4.28. The fourth-order valence-electron chi connectivity index (χ4n) is 1.66. The number of hydrogen-bond donors (Lipinski definition) is 0. The summed E-state index contributed by atoms with van der Waals surface area (Å²) in [5, 5.41) is 1.99. The molecule has 0 atom stereocenters. The number of halogens is 3. The molecule has 0 fully saturated rings. The van der Waals surface area contributed by atoms with Gasteiger partial charge in [-0.25, -0.2) is 0 Å². The lowest BCUT2D eigenvalue weighted by molar-refractivity contribution is -0.127. The molecule has 0 nitrogen and oxygen atoms in total. The van der Waals surface area contributed by atoms with E-state index < -0.39 is 26.7 Å². The van der Waals surface area contributed by atoms with Gasteiger partial charge in [-0.3, -0.25) is 0 Å². The summed E-state index contributed by atoms with van der Waals surface area (Å²) in [7, 11) is 0. The Morgan fingerprint density at radius 2 is 1.69 bits per heavy atom. The van der Waals surface area contributed by atoms with Gasteiger partial charge in [-0.15, -0.1) is 5.79 Å². The van der Waals surface area contributed by atoms with Gasteiger partial charge in [0.25, 0.3) is 14.1 Å². The minimum absolute atomic E-state index is 0.447. The first-order valence-electron chi connectivity index (χ1n) is 5.56. The third-order valence-corrected chi connectivity index (χ3v) is 5.31. The van der Waals surface area contributed by atoms with E-state index in [1.807, 2.05) is 12.1 Å². The molecule has 1 aromatic carbocycles. The molecule has 4 heteroatoms. The Morgan fingerprint density at radius 3 is 2.19 bits per heavy atom. The van der Waals surface area contributed by atoms with Crippen molar-refractivity contribution < 1.29 is 13.2 Å². The molecular weight excluding hydrogens is 228 g/mol. The Hall–Kier alpha value is -0.458. The van der Waals surface area contributed by atoms with Crippen LogP contribution in [0.3, 0.4) is 0 Å². The van der Waals surface area contributed by atoms with Gasteiger partial charge in [-0.05, 0) is 5.56 Å². The first-order chi connectivity index (χ1) is 7.42. The molecule has 0 amide bonds. The molecule has 0 saturated carbocycles. The monoisotopic (exact) mass is 244 g/mol. The fraction of sp³-hybridized carbons (Fsp3) is 0.500.